The number of hydrogen-bond donors (Lipinski definition) is 0. The maximum atomic E-state index is 12.6. The fourth-order valence-corrected chi connectivity index (χ4v) is 1.54. The van der Waals surface area contributed by atoms with Crippen molar-refractivity contribution in [1.29, 1.82) is 0 Å². The highest BCUT2D eigenvalue weighted by molar-refractivity contribution is 6.11. The summed E-state index contributed by atoms with van der Waals surface area (Å²) in [4.78, 5) is 26.9. The molecule has 0 N–H and O–H groups in total. The second-order valence-corrected chi connectivity index (χ2v) is 4.18. The second-order valence-electron chi connectivity index (χ2n) is 4.18. The van der Waals surface area contributed by atoms with Crippen molar-refractivity contribution < 1.29 is 32.2 Å². The quantitative estimate of drug-likeness (QED) is 0.475. The number of pyridine rings is 1. The predicted octanol–water partition coefficient (Wildman–Crippen LogP) is 2.80. The molecule has 1 heterocycles. The summed E-state index contributed by atoms with van der Waals surface area (Å²) in [6.07, 6.45) is -3.12. The Morgan fingerprint density at radius 2 is 2.00 bits per heavy atom. The molecule has 0 atom stereocenters. The average molecular weight is 317 g/mol. The van der Waals surface area contributed by atoms with Gasteiger partial charge in [-0.2, -0.15) is 13.2 Å². The normalized spacial score (nSPS) is 12.0. The molecule has 5 nitrogen and oxygen atoms in total. The molecule has 8 heteroatoms. The third-order valence-electron chi connectivity index (χ3n) is 2.59. The number of ketones is 1. The molecular formula is C14H14F3NO4. The van der Waals surface area contributed by atoms with Crippen molar-refractivity contribution in [2.45, 2.75) is 20.0 Å². The molecule has 0 aromatic carbocycles. The van der Waals surface area contributed by atoms with Crippen LogP contribution in [0.4, 0.5) is 13.2 Å². The number of carbonyl (C=O) groups excluding carboxylic acids is 2. The Labute approximate surface area is 124 Å². The van der Waals surface area contributed by atoms with Crippen LogP contribution >= 0.6 is 0 Å². The molecule has 1 aromatic rings. The minimum absolute atomic E-state index is 0.0241. The van der Waals surface area contributed by atoms with Crippen LogP contribution in [0.5, 0.6) is 5.75 Å². The van der Waals surface area contributed by atoms with E-state index in [4.69, 9.17) is 4.74 Å². The number of Topliss-reactive ketones (excluding diaryl/α,β-unsaturated/α-hetero) is 1. The Morgan fingerprint density at radius 3 is 2.50 bits per heavy atom. The monoisotopic (exact) mass is 317 g/mol. The van der Waals surface area contributed by atoms with Gasteiger partial charge in [0.05, 0.1) is 19.3 Å². The summed E-state index contributed by atoms with van der Waals surface area (Å²) in [6, 6.07) is 0.678. The van der Waals surface area contributed by atoms with E-state index >= 15 is 0 Å². The van der Waals surface area contributed by atoms with Crippen molar-refractivity contribution in [2.75, 3.05) is 13.7 Å². The average Bonchev–Trinajstić information content (AvgIpc) is 2.44. The summed E-state index contributed by atoms with van der Waals surface area (Å²) >= 11 is 0. The number of esters is 1. The lowest BCUT2D eigenvalue weighted by Crippen LogP contribution is -2.12. The first-order valence-corrected chi connectivity index (χ1v) is 6.21. The van der Waals surface area contributed by atoms with Gasteiger partial charge in [0.2, 0.25) is 5.78 Å². The zero-order chi connectivity index (χ0) is 16.9. The van der Waals surface area contributed by atoms with Crippen LogP contribution in [0.15, 0.2) is 23.9 Å². The van der Waals surface area contributed by atoms with Gasteiger partial charge in [-0.15, -0.1) is 0 Å². The van der Waals surface area contributed by atoms with Crippen LogP contribution in [0, 0.1) is 0 Å². The first-order chi connectivity index (χ1) is 10.2. The van der Waals surface area contributed by atoms with E-state index in [1.807, 2.05) is 0 Å². The summed E-state index contributed by atoms with van der Waals surface area (Å²) in [6.45, 7) is 3.07. The Kier molecular flexibility index (Phi) is 5.67. The maximum Gasteiger partial charge on any atom is 0.418 e. The Hall–Kier alpha value is -2.38. The Morgan fingerprint density at radius 1 is 1.36 bits per heavy atom. The number of nitrogens with zero attached hydrogens (tertiary/aromatic N) is 1. The second kappa shape index (κ2) is 7.06. The molecule has 1 rings (SSSR count). The number of allylic oxidation sites excluding steroid dienone is 1. The molecule has 0 fully saturated rings. The number of ether oxygens (including phenoxy) is 2. The maximum absolute atomic E-state index is 12.6. The molecule has 0 spiro atoms. The minimum atomic E-state index is -4.60. The molecule has 22 heavy (non-hydrogen) atoms. The van der Waals surface area contributed by atoms with Crippen molar-refractivity contribution >= 4 is 11.8 Å². The Balaban J connectivity index is 3.16. The smallest absolute Gasteiger partial charge is 0.418 e. The zero-order valence-corrected chi connectivity index (χ0v) is 12.2. The molecule has 0 unspecified atom stereocenters. The van der Waals surface area contributed by atoms with Crippen molar-refractivity contribution in [3.63, 3.8) is 0 Å². The standard InChI is InChI=1S/C14H14F3NO4/c1-4-22-11(19)5-8(2)13(20)12-10(21-3)6-9(7-18-12)14(15,16)17/h5-7H,4H2,1-3H3/b8-5-. The molecule has 0 saturated heterocycles. The summed E-state index contributed by atoms with van der Waals surface area (Å²) in [5.74, 6) is -1.77. The molecule has 1 aromatic heterocycles. The Bertz CT molecular complexity index is 609. The van der Waals surface area contributed by atoms with Gasteiger partial charge in [-0.1, -0.05) is 0 Å². The first-order valence-electron chi connectivity index (χ1n) is 6.21. The minimum Gasteiger partial charge on any atom is -0.494 e. The van der Waals surface area contributed by atoms with E-state index < -0.39 is 23.5 Å². The molecule has 0 aliphatic rings. The number of alkyl halides is 3. The fraction of sp³-hybridized carbons (Fsp3) is 0.357. The third-order valence-corrected chi connectivity index (χ3v) is 2.59. The largest absolute Gasteiger partial charge is 0.494 e. The van der Waals surface area contributed by atoms with Crippen molar-refractivity contribution in [1.82, 2.24) is 4.98 Å². The first kappa shape index (κ1) is 17.7. The SMILES string of the molecule is CCOC(=O)/C=C(/C)C(=O)c1ncc(C(F)(F)F)cc1OC. The number of hydrogen-bond acceptors (Lipinski definition) is 5. The van der Waals surface area contributed by atoms with Crippen LogP contribution in [0.3, 0.4) is 0 Å². The van der Waals surface area contributed by atoms with Gasteiger partial charge in [0.1, 0.15) is 5.75 Å². The van der Waals surface area contributed by atoms with Gasteiger partial charge >= 0.3 is 12.1 Å². The van der Waals surface area contributed by atoms with E-state index in [-0.39, 0.29) is 23.6 Å². The number of aromatic nitrogens is 1. The van der Waals surface area contributed by atoms with Gasteiger partial charge in [-0.25, -0.2) is 9.78 Å². The van der Waals surface area contributed by atoms with E-state index in [1.165, 1.54) is 6.92 Å². The molecule has 0 aliphatic carbocycles. The summed E-state index contributed by atoms with van der Waals surface area (Å²) in [7, 11) is 1.12. The van der Waals surface area contributed by atoms with Crippen molar-refractivity contribution in [2.24, 2.45) is 0 Å². The van der Waals surface area contributed by atoms with Gasteiger partial charge < -0.3 is 9.47 Å². The highest BCUT2D eigenvalue weighted by Gasteiger charge is 2.32. The molecule has 0 aliphatic heterocycles. The van der Waals surface area contributed by atoms with Crippen LogP contribution in [0.2, 0.25) is 0 Å². The molecule has 120 valence electrons. The van der Waals surface area contributed by atoms with Gasteiger partial charge in [-0.05, 0) is 19.9 Å². The van der Waals surface area contributed by atoms with E-state index in [9.17, 15) is 22.8 Å². The van der Waals surface area contributed by atoms with Crippen molar-refractivity contribution in [3.8, 4) is 5.75 Å². The van der Waals surface area contributed by atoms with Gasteiger partial charge in [0, 0.05) is 17.8 Å². The van der Waals surface area contributed by atoms with E-state index in [1.54, 1.807) is 6.92 Å². The van der Waals surface area contributed by atoms with Crippen LogP contribution in [0.1, 0.15) is 29.9 Å². The topological polar surface area (TPSA) is 65.5 Å². The summed E-state index contributed by atoms with van der Waals surface area (Å²) in [5, 5.41) is 0. The van der Waals surface area contributed by atoms with Crippen molar-refractivity contribution in [3.05, 3.63) is 35.2 Å². The molecule has 0 radical (unpaired) electrons. The van der Waals surface area contributed by atoms with E-state index in [0.29, 0.717) is 12.3 Å². The molecule has 0 saturated carbocycles. The molecule has 0 bridgehead atoms. The van der Waals surface area contributed by atoms with Gasteiger partial charge in [0.15, 0.2) is 5.69 Å². The molecular weight excluding hydrogens is 303 g/mol. The zero-order valence-electron chi connectivity index (χ0n) is 12.2. The van der Waals surface area contributed by atoms with Gasteiger partial charge in [0.25, 0.3) is 0 Å². The lowest BCUT2D eigenvalue weighted by Gasteiger charge is -2.11. The summed E-state index contributed by atoms with van der Waals surface area (Å²) < 4.78 is 47.2. The molecule has 0 amide bonds. The number of rotatable bonds is 5. The van der Waals surface area contributed by atoms with E-state index in [2.05, 4.69) is 9.72 Å². The van der Waals surface area contributed by atoms with Crippen LogP contribution in [-0.4, -0.2) is 30.5 Å². The van der Waals surface area contributed by atoms with Crippen LogP contribution in [-0.2, 0) is 15.7 Å². The van der Waals surface area contributed by atoms with E-state index in [0.717, 1.165) is 13.2 Å². The highest BCUT2D eigenvalue weighted by atomic mass is 19.4. The number of carbonyl (C=O) groups is 2. The predicted molar refractivity (Wildman–Crippen MR) is 70.5 cm³/mol. The third kappa shape index (κ3) is 4.31. The lowest BCUT2D eigenvalue weighted by molar-refractivity contribution is -0.138. The van der Waals surface area contributed by atoms with Gasteiger partial charge in [-0.3, -0.25) is 4.79 Å². The number of methoxy groups -OCH3 is 1. The summed E-state index contributed by atoms with van der Waals surface area (Å²) in [5.41, 5.74) is -1.37. The highest BCUT2D eigenvalue weighted by Crippen LogP contribution is 2.32. The van der Waals surface area contributed by atoms with Crippen LogP contribution in [0.25, 0.3) is 0 Å². The lowest BCUT2D eigenvalue weighted by atomic mass is 10.1. The fourth-order valence-electron chi connectivity index (χ4n) is 1.54. The van der Waals surface area contributed by atoms with Crippen LogP contribution < -0.4 is 4.74 Å². The number of halogens is 3.